The van der Waals surface area contributed by atoms with Gasteiger partial charge in [-0.05, 0) is 25.0 Å². The Balaban J connectivity index is 2.37. The normalized spacial score (nSPS) is 11.8. The van der Waals surface area contributed by atoms with Crippen molar-refractivity contribution in [3.63, 3.8) is 0 Å². The molecule has 1 atom stereocenters. The molecule has 0 spiro atoms. The number of hydrogen-bond acceptors (Lipinski definition) is 3. The quantitative estimate of drug-likeness (QED) is 0.756. The maximum Gasteiger partial charge on any atom is 0.306 e. The monoisotopic (exact) mass is 264 g/mol. The summed E-state index contributed by atoms with van der Waals surface area (Å²) in [7, 11) is 0. The Kier molecular flexibility index (Phi) is 6.57. The summed E-state index contributed by atoms with van der Waals surface area (Å²) < 4.78 is 0. The van der Waals surface area contributed by atoms with E-state index in [9.17, 15) is 9.59 Å². The standard InChI is InChI=1S/C14H20N2O3/c1-2-3-6-11(14(18)19)8-9-13(17)16-12-7-4-5-10-15-12/h4-5,7,10-11H,2-3,6,8-9H2,1H3,(H,18,19)(H,15,16,17). The Hall–Kier alpha value is -1.91. The maximum absolute atomic E-state index is 11.7. The van der Waals surface area contributed by atoms with Gasteiger partial charge in [-0.15, -0.1) is 0 Å². The summed E-state index contributed by atoms with van der Waals surface area (Å²) >= 11 is 0. The lowest BCUT2D eigenvalue weighted by atomic mass is 9.97. The van der Waals surface area contributed by atoms with E-state index in [4.69, 9.17) is 5.11 Å². The van der Waals surface area contributed by atoms with Gasteiger partial charge < -0.3 is 10.4 Å². The zero-order valence-corrected chi connectivity index (χ0v) is 11.1. The Bertz CT molecular complexity index is 406. The molecule has 2 N–H and O–H groups in total. The Morgan fingerprint density at radius 2 is 2.16 bits per heavy atom. The molecular weight excluding hydrogens is 244 g/mol. The van der Waals surface area contributed by atoms with Crippen LogP contribution in [0.15, 0.2) is 24.4 Å². The first-order valence-corrected chi connectivity index (χ1v) is 6.57. The van der Waals surface area contributed by atoms with Gasteiger partial charge >= 0.3 is 5.97 Å². The summed E-state index contributed by atoms with van der Waals surface area (Å²) in [6, 6.07) is 5.24. The Morgan fingerprint density at radius 3 is 2.74 bits per heavy atom. The van der Waals surface area contributed by atoms with Crippen molar-refractivity contribution in [1.29, 1.82) is 0 Å². The number of hydrogen-bond donors (Lipinski definition) is 2. The van der Waals surface area contributed by atoms with Crippen LogP contribution in [0.4, 0.5) is 5.82 Å². The highest BCUT2D eigenvalue weighted by molar-refractivity contribution is 5.89. The number of unbranched alkanes of at least 4 members (excludes halogenated alkanes) is 1. The summed E-state index contributed by atoms with van der Waals surface area (Å²) in [4.78, 5) is 26.7. The van der Waals surface area contributed by atoms with Crippen molar-refractivity contribution < 1.29 is 14.7 Å². The smallest absolute Gasteiger partial charge is 0.306 e. The van der Waals surface area contributed by atoms with E-state index in [-0.39, 0.29) is 12.3 Å². The van der Waals surface area contributed by atoms with Crippen molar-refractivity contribution in [2.45, 2.75) is 39.0 Å². The molecule has 0 aliphatic rings. The zero-order chi connectivity index (χ0) is 14.1. The first-order chi connectivity index (χ1) is 9.13. The molecule has 0 saturated heterocycles. The van der Waals surface area contributed by atoms with Crippen molar-refractivity contribution in [3.05, 3.63) is 24.4 Å². The number of pyridine rings is 1. The molecule has 0 fully saturated rings. The van der Waals surface area contributed by atoms with E-state index < -0.39 is 11.9 Å². The van der Waals surface area contributed by atoms with Gasteiger partial charge in [0.05, 0.1) is 5.92 Å². The number of aromatic nitrogens is 1. The molecule has 1 amide bonds. The molecule has 5 heteroatoms. The van der Waals surface area contributed by atoms with Gasteiger partial charge in [-0.3, -0.25) is 9.59 Å². The first-order valence-electron chi connectivity index (χ1n) is 6.57. The van der Waals surface area contributed by atoms with Crippen molar-refractivity contribution in [2.75, 3.05) is 5.32 Å². The lowest BCUT2D eigenvalue weighted by molar-refractivity contribution is -0.142. The van der Waals surface area contributed by atoms with Crippen LogP contribution in [0, 0.1) is 5.92 Å². The summed E-state index contributed by atoms with van der Waals surface area (Å²) in [6.07, 6.45) is 4.63. The van der Waals surface area contributed by atoms with Crippen LogP contribution in [0.5, 0.6) is 0 Å². The number of carbonyl (C=O) groups excluding carboxylic acids is 1. The van der Waals surface area contributed by atoms with Gasteiger partial charge in [-0.25, -0.2) is 4.98 Å². The van der Waals surface area contributed by atoms with Crippen LogP contribution in [0.3, 0.4) is 0 Å². The van der Waals surface area contributed by atoms with Crippen LogP contribution in [0.25, 0.3) is 0 Å². The number of nitrogens with one attached hydrogen (secondary N) is 1. The lowest BCUT2D eigenvalue weighted by Gasteiger charge is -2.11. The zero-order valence-electron chi connectivity index (χ0n) is 11.1. The second-order valence-corrected chi connectivity index (χ2v) is 4.48. The fourth-order valence-electron chi connectivity index (χ4n) is 1.79. The van der Waals surface area contributed by atoms with Crippen molar-refractivity contribution >= 4 is 17.7 Å². The maximum atomic E-state index is 11.7. The number of carbonyl (C=O) groups is 2. The largest absolute Gasteiger partial charge is 0.481 e. The van der Waals surface area contributed by atoms with Gasteiger partial charge in [-0.1, -0.05) is 25.8 Å². The molecule has 19 heavy (non-hydrogen) atoms. The molecular formula is C14H20N2O3. The number of carboxylic acids is 1. The van der Waals surface area contributed by atoms with Gasteiger partial charge in [0.1, 0.15) is 5.82 Å². The van der Waals surface area contributed by atoms with E-state index in [0.29, 0.717) is 18.7 Å². The van der Waals surface area contributed by atoms with Crippen LogP contribution in [-0.4, -0.2) is 22.0 Å². The predicted molar refractivity (Wildman–Crippen MR) is 72.8 cm³/mol. The number of anilines is 1. The van der Waals surface area contributed by atoms with Crippen LogP contribution >= 0.6 is 0 Å². The molecule has 0 aliphatic heterocycles. The highest BCUT2D eigenvalue weighted by atomic mass is 16.4. The summed E-state index contributed by atoms with van der Waals surface area (Å²) in [5, 5.41) is 11.7. The molecule has 0 aromatic carbocycles. The number of rotatable bonds is 8. The van der Waals surface area contributed by atoms with E-state index in [2.05, 4.69) is 10.3 Å². The Morgan fingerprint density at radius 1 is 1.37 bits per heavy atom. The fourth-order valence-corrected chi connectivity index (χ4v) is 1.79. The van der Waals surface area contributed by atoms with E-state index in [0.717, 1.165) is 12.8 Å². The second-order valence-electron chi connectivity index (χ2n) is 4.48. The third kappa shape index (κ3) is 5.99. The van der Waals surface area contributed by atoms with Gasteiger partial charge in [0.25, 0.3) is 0 Å². The molecule has 0 saturated carbocycles. The van der Waals surface area contributed by atoms with Gasteiger partial charge in [0.15, 0.2) is 0 Å². The average molecular weight is 264 g/mol. The molecule has 1 aromatic heterocycles. The predicted octanol–water partition coefficient (Wildman–Crippen LogP) is 2.69. The van der Waals surface area contributed by atoms with Crippen LogP contribution in [0.1, 0.15) is 39.0 Å². The minimum atomic E-state index is -0.820. The van der Waals surface area contributed by atoms with Crippen molar-refractivity contribution in [3.8, 4) is 0 Å². The van der Waals surface area contributed by atoms with Crippen LogP contribution < -0.4 is 5.32 Å². The van der Waals surface area contributed by atoms with Crippen LogP contribution in [0.2, 0.25) is 0 Å². The SMILES string of the molecule is CCCCC(CCC(=O)Nc1ccccn1)C(=O)O. The molecule has 104 valence electrons. The molecule has 0 bridgehead atoms. The average Bonchev–Trinajstić information content (AvgIpc) is 2.39. The third-order valence-electron chi connectivity index (χ3n) is 2.91. The van der Waals surface area contributed by atoms with Crippen molar-refractivity contribution in [1.82, 2.24) is 4.98 Å². The summed E-state index contributed by atoms with van der Waals surface area (Å²) in [6.45, 7) is 2.02. The van der Waals surface area contributed by atoms with E-state index in [1.807, 2.05) is 6.92 Å². The van der Waals surface area contributed by atoms with Crippen LogP contribution in [-0.2, 0) is 9.59 Å². The Labute approximate surface area is 113 Å². The molecule has 5 nitrogen and oxygen atoms in total. The lowest BCUT2D eigenvalue weighted by Crippen LogP contribution is -2.18. The number of nitrogens with zero attached hydrogens (tertiary/aromatic N) is 1. The summed E-state index contributed by atoms with van der Waals surface area (Å²) in [5.41, 5.74) is 0. The third-order valence-corrected chi connectivity index (χ3v) is 2.91. The molecule has 0 radical (unpaired) electrons. The topological polar surface area (TPSA) is 79.3 Å². The first kappa shape index (κ1) is 15.1. The minimum Gasteiger partial charge on any atom is -0.481 e. The fraction of sp³-hybridized carbons (Fsp3) is 0.500. The molecule has 1 rings (SSSR count). The number of carboxylic acid groups (broad SMARTS) is 1. The highest BCUT2D eigenvalue weighted by Crippen LogP contribution is 2.15. The van der Waals surface area contributed by atoms with E-state index in [1.165, 1.54) is 0 Å². The molecule has 0 aliphatic carbocycles. The summed E-state index contributed by atoms with van der Waals surface area (Å²) in [5.74, 6) is -0.956. The minimum absolute atomic E-state index is 0.193. The molecule has 1 unspecified atom stereocenters. The van der Waals surface area contributed by atoms with Crippen molar-refractivity contribution in [2.24, 2.45) is 5.92 Å². The van der Waals surface area contributed by atoms with Gasteiger partial charge in [0.2, 0.25) is 5.91 Å². The molecule has 1 aromatic rings. The van der Waals surface area contributed by atoms with E-state index in [1.54, 1.807) is 24.4 Å². The number of amides is 1. The van der Waals surface area contributed by atoms with Gasteiger partial charge in [-0.2, -0.15) is 0 Å². The highest BCUT2D eigenvalue weighted by Gasteiger charge is 2.18. The molecule has 1 heterocycles. The van der Waals surface area contributed by atoms with E-state index >= 15 is 0 Å². The number of aliphatic carboxylic acids is 1. The second kappa shape index (κ2) is 8.24. The van der Waals surface area contributed by atoms with Gasteiger partial charge in [0, 0.05) is 12.6 Å².